The number of aromatic nitrogens is 2. The predicted molar refractivity (Wildman–Crippen MR) is 100 cm³/mol. The summed E-state index contributed by atoms with van der Waals surface area (Å²) < 4.78 is 73.5. The molecule has 1 heterocycles. The average molecular weight is 422 g/mol. The van der Waals surface area contributed by atoms with Crippen LogP contribution in [0, 0.1) is 0 Å². The smallest absolute Gasteiger partial charge is 0.282 e. The van der Waals surface area contributed by atoms with Crippen LogP contribution < -0.4 is 0 Å². The van der Waals surface area contributed by atoms with E-state index in [2.05, 4.69) is 5.10 Å². The molecule has 1 aromatic heterocycles. The van der Waals surface area contributed by atoms with Crippen LogP contribution in [0.15, 0.2) is 53.6 Å². The van der Waals surface area contributed by atoms with Gasteiger partial charge in [-0.15, -0.1) is 0 Å². The van der Waals surface area contributed by atoms with Gasteiger partial charge in [-0.25, -0.2) is 0 Å². The van der Waals surface area contributed by atoms with Crippen molar-refractivity contribution in [1.29, 1.82) is 0 Å². The van der Waals surface area contributed by atoms with Crippen molar-refractivity contribution in [2.24, 2.45) is 7.05 Å². The van der Waals surface area contributed by atoms with E-state index in [0.29, 0.717) is 24.1 Å². The standard InChI is InChI=1S/C20H17F3N2O3S/c1-25-19(8-9-24-25)18-11-13(20(21,22)23)3-6-17(18)16-5-2-12-10-14(29(26,27)28)4-7-15(12)16/h3-4,6-11,16H,2,5H2,1H3,(H,26,27,28)/t16-/m0/s1. The summed E-state index contributed by atoms with van der Waals surface area (Å²) in [6.07, 6.45) is -1.75. The first-order valence-corrected chi connectivity index (χ1v) is 10.3. The lowest BCUT2D eigenvalue weighted by atomic mass is 9.87. The highest BCUT2D eigenvalue weighted by atomic mass is 32.2. The first-order valence-electron chi connectivity index (χ1n) is 8.85. The topological polar surface area (TPSA) is 72.2 Å². The van der Waals surface area contributed by atoms with Crippen LogP contribution in [0.5, 0.6) is 0 Å². The van der Waals surface area contributed by atoms with E-state index in [9.17, 15) is 26.1 Å². The maximum absolute atomic E-state index is 13.3. The van der Waals surface area contributed by atoms with Gasteiger partial charge in [-0.1, -0.05) is 12.1 Å². The molecule has 0 spiro atoms. The minimum Gasteiger partial charge on any atom is -0.282 e. The third-order valence-corrected chi connectivity index (χ3v) is 6.19. The number of alkyl halides is 3. The average Bonchev–Trinajstić information content (AvgIpc) is 3.25. The molecule has 0 amide bonds. The second-order valence-electron chi connectivity index (χ2n) is 7.07. The summed E-state index contributed by atoms with van der Waals surface area (Å²) in [6.45, 7) is 0. The van der Waals surface area contributed by atoms with Gasteiger partial charge in [0.25, 0.3) is 10.1 Å². The van der Waals surface area contributed by atoms with Crippen molar-refractivity contribution in [3.8, 4) is 11.3 Å². The Morgan fingerprint density at radius 3 is 2.45 bits per heavy atom. The Kier molecular flexibility index (Phi) is 4.54. The number of rotatable bonds is 3. The van der Waals surface area contributed by atoms with Crippen LogP contribution in [0.4, 0.5) is 13.2 Å². The second-order valence-corrected chi connectivity index (χ2v) is 8.49. The fourth-order valence-corrected chi connectivity index (χ4v) is 4.50. The number of hydrogen-bond donors (Lipinski definition) is 1. The van der Waals surface area contributed by atoms with Crippen molar-refractivity contribution < 1.29 is 26.1 Å². The summed E-state index contributed by atoms with van der Waals surface area (Å²) >= 11 is 0. The van der Waals surface area contributed by atoms with Crippen molar-refractivity contribution in [2.45, 2.75) is 29.8 Å². The van der Waals surface area contributed by atoms with E-state index < -0.39 is 21.9 Å². The van der Waals surface area contributed by atoms with Crippen LogP contribution in [0.25, 0.3) is 11.3 Å². The molecule has 29 heavy (non-hydrogen) atoms. The molecule has 4 rings (SSSR count). The van der Waals surface area contributed by atoms with E-state index in [1.807, 2.05) is 0 Å². The lowest BCUT2D eigenvalue weighted by molar-refractivity contribution is -0.137. The number of benzene rings is 2. The van der Waals surface area contributed by atoms with Crippen molar-refractivity contribution in [3.05, 3.63) is 70.9 Å². The number of fused-ring (bicyclic) bond motifs is 1. The normalized spacial score (nSPS) is 16.8. The highest BCUT2D eigenvalue weighted by Crippen LogP contribution is 2.44. The van der Waals surface area contributed by atoms with Gasteiger partial charge in [0.05, 0.1) is 16.2 Å². The molecular weight excluding hydrogens is 405 g/mol. The lowest BCUT2D eigenvalue weighted by Crippen LogP contribution is -2.08. The van der Waals surface area contributed by atoms with Crippen molar-refractivity contribution in [1.82, 2.24) is 9.78 Å². The fourth-order valence-electron chi connectivity index (χ4n) is 3.97. The summed E-state index contributed by atoms with van der Waals surface area (Å²) in [6, 6.07) is 9.73. The largest absolute Gasteiger partial charge is 0.416 e. The lowest BCUT2D eigenvalue weighted by Gasteiger charge is -2.19. The third kappa shape index (κ3) is 3.56. The first-order chi connectivity index (χ1) is 13.6. The molecule has 0 bridgehead atoms. The molecule has 152 valence electrons. The van der Waals surface area contributed by atoms with Crippen molar-refractivity contribution in [3.63, 3.8) is 0 Å². The molecule has 5 nitrogen and oxygen atoms in total. The zero-order valence-electron chi connectivity index (χ0n) is 15.3. The number of hydrogen-bond acceptors (Lipinski definition) is 3. The molecule has 0 unspecified atom stereocenters. The molecular formula is C20H17F3N2O3S. The Balaban J connectivity index is 1.86. The summed E-state index contributed by atoms with van der Waals surface area (Å²) in [7, 11) is -2.65. The van der Waals surface area contributed by atoms with Gasteiger partial charge < -0.3 is 0 Å². The van der Waals surface area contributed by atoms with Crippen LogP contribution in [0.1, 0.15) is 34.6 Å². The van der Waals surface area contributed by atoms with Crippen molar-refractivity contribution >= 4 is 10.1 Å². The van der Waals surface area contributed by atoms with E-state index in [4.69, 9.17) is 0 Å². The van der Waals surface area contributed by atoms with Gasteiger partial charge in [-0.2, -0.15) is 26.7 Å². The number of nitrogens with zero attached hydrogens (tertiary/aromatic N) is 2. The van der Waals surface area contributed by atoms with E-state index in [0.717, 1.165) is 28.8 Å². The third-order valence-electron chi connectivity index (χ3n) is 5.34. The van der Waals surface area contributed by atoms with Gasteiger partial charge in [0.1, 0.15) is 0 Å². The summed E-state index contributed by atoms with van der Waals surface area (Å²) in [5.74, 6) is -0.187. The van der Waals surface area contributed by atoms with E-state index in [1.54, 1.807) is 19.2 Å². The molecule has 9 heteroatoms. The molecule has 1 N–H and O–H groups in total. The van der Waals surface area contributed by atoms with Crippen LogP contribution in [0.2, 0.25) is 0 Å². The highest BCUT2D eigenvalue weighted by Gasteiger charge is 2.33. The van der Waals surface area contributed by atoms with Crippen LogP contribution in [0.3, 0.4) is 0 Å². The molecule has 0 radical (unpaired) electrons. The molecule has 0 aliphatic heterocycles. The molecule has 1 aliphatic carbocycles. The maximum atomic E-state index is 13.3. The van der Waals surface area contributed by atoms with Gasteiger partial charge >= 0.3 is 6.18 Å². The molecule has 0 fully saturated rings. The first kappa shape index (κ1) is 19.7. The predicted octanol–water partition coefficient (Wildman–Crippen LogP) is 4.43. The van der Waals surface area contributed by atoms with Crippen molar-refractivity contribution in [2.75, 3.05) is 0 Å². The monoisotopic (exact) mass is 422 g/mol. The minimum atomic E-state index is -4.47. The highest BCUT2D eigenvalue weighted by molar-refractivity contribution is 7.85. The maximum Gasteiger partial charge on any atom is 0.416 e. The Labute approximate surface area is 165 Å². The summed E-state index contributed by atoms with van der Waals surface area (Å²) in [5, 5.41) is 4.08. The Hall–Kier alpha value is -2.65. The molecule has 3 aromatic rings. The summed E-state index contributed by atoms with van der Waals surface area (Å²) in [5.41, 5.74) is 2.60. The molecule has 1 atom stereocenters. The SMILES string of the molecule is Cn1nccc1-c1cc(C(F)(F)F)ccc1[C@H]1CCc2cc(S(=O)(=O)O)ccc21. The van der Waals surface area contributed by atoms with Crippen LogP contribution in [-0.4, -0.2) is 22.8 Å². The number of aryl methyl sites for hydroxylation is 2. The van der Waals surface area contributed by atoms with Crippen LogP contribution in [-0.2, 0) is 29.8 Å². The van der Waals surface area contributed by atoms with E-state index in [1.165, 1.54) is 29.1 Å². The fraction of sp³-hybridized carbons (Fsp3) is 0.250. The van der Waals surface area contributed by atoms with Gasteiger partial charge in [-0.3, -0.25) is 9.23 Å². The Bertz CT molecular complexity index is 1200. The second kappa shape index (κ2) is 6.70. The van der Waals surface area contributed by atoms with E-state index >= 15 is 0 Å². The van der Waals surface area contributed by atoms with Crippen LogP contribution >= 0.6 is 0 Å². The molecule has 0 saturated heterocycles. The number of halogens is 3. The minimum absolute atomic E-state index is 0.184. The molecule has 0 saturated carbocycles. The molecule has 2 aromatic carbocycles. The molecule has 1 aliphatic rings. The zero-order valence-corrected chi connectivity index (χ0v) is 16.1. The van der Waals surface area contributed by atoms with E-state index in [-0.39, 0.29) is 10.8 Å². The van der Waals surface area contributed by atoms with Gasteiger partial charge in [0, 0.05) is 24.7 Å². The van der Waals surface area contributed by atoms with Gasteiger partial charge in [0.2, 0.25) is 0 Å². The zero-order chi connectivity index (χ0) is 21.0. The van der Waals surface area contributed by atoms with Gasteiger partial charge in [-0.05, 0) is 59.9 Å². The quantitative estimate of drug-likeness (QED) is 0.634. The van der Waals surface area contributed by atoms with Gasteiger partial charge in [0.15, 0.2) is 0 Å². The Morgan fingerprint density at radius 1 is 1.10 bits per heavy atom. The summed E-state index contributed by atoms with van der Waals surface area (Å²) in [4.78, 5) is -0.184. The Morgan fingerprint density at radius 2 is 1.83 bits per heavy atom.